The second kappa shape index (κ2) is 14.5. The van der Waals surface area contributed by atoms with Crippen LogP contribution in [0.2, 0.25) is 0 Å². The topological polar surface area (TPSA) is 47.9 Å². The van der Waals surface area contributed by atoms with E-state index in [-0.39, 0.29) is 0 Å². The van der Waals surface area contributed by atoms with Gasteiger partial charge in [-0.1, -0.05) is 212 Å². The third-order valence-corrected chi connectivity index (χ3v) is 12.4. The zero-order chi connectivity index (χ0) is 41.0. The van der Waals surface area contributed by atoms with Crippen molar-refractivity contribution in [1.29, 1.82) is 0 Å². The molecule has 0 fully saturated rings. The molecule has 0 unspecified atom stereocenters. The molecule has 62 heavy (non-hydrogen) atoms. The molecule has 1 aromatic heterocycles. The quantitative estimate of drug-likeness (QED) is 0.168. The maximum atomic E-state index is 6.91. The van der Waals surface area contributed by atoms with Crippen molar-refractivity contribution in [2.24, 2.45) is 0 Å². The zero-order valence-corrected chi connectivity index (χ0v) is 33.6. The number of aromatic nitrogens is 3. The SMILES string of the molecule is c1ccc(-c2ccc(-c3nc(-c4ccc5c(c4)Oc4ccccc4C54c5ccccc5-c5ccccc54)nc(-c4cccc(-c5ccccc5)c4-c4ccccc4)n3)cc2)cc1. The molecule has 0 radical (unpaired) electrons. The first kappa shape index (κ1) is 35.7. The largest absolute Gasteiger partial charge is 0.457 e. The van der Waals surface area contributed by atoms with Crippen molar-refractivity contribution in [1.82, 2.24) is 15.0 Å². The minimum Gasteiger partial charge on any atom is -0.457 e. The Balaban J connectivity index is 1.08. The smallest absolute Gasteiger partial charge is 0.164 e. The lowest BCUT2D eigenvalue weighted by Gasteiger charge is -2.39. The van der Waals surface area contributed by atoms with Crippen LogP contribution >= 0.6 is 0 Å². The molecule has 1 aliphatic carbocycles. The molecule has 4 nitrogen and oxygen atoms in total. The fourth-order valence-electron chi connectivity index (χ4n) is 9.71. The van der Waals surface area contributed by atoms with E-state index < -0.39 is 5.41 Å². The molecule has 2 aliphatic rings. The summed E-state index contributed by atoms with van der Waals surface area (Å²) in [5.74, 6) is 3.36. The minimum atomic E-state index is -0.561. The Kier molecular flexibility index (Phi) is 8.36. The van der Waals surface area contributed by atoms with Gasteiger partial charge >= 0.3 is 0 Å². The monoisotopic (exact) mass is 791 g/mol. The summed E-state index contributed by atoms with van der Waals surface area (Å²) in [6.07, 6.45) is 0. The van der Waals surface area contributed by atoms with E-state index in [4.69, 9.17) is 19.7 Å². The maximum Gasteiger partial charge on any atom is 0.164 e. The van der Waals surface area contributed by atoms with Gasteiger partial charge in [0, 0.05) is 33.4 Å². The molecule has 4 heteroatoms. The van der Waals surface area contributed by atoms with E-state index in [0.717, 1.165) is 72.7 Å². The van der Waals surface area contributed by atoms with Gasteiger partial charge in [-0.25, -0.2) is 15.0 Å². The number of benzene rings is 9. The van der Waals surface area contributed by atoms with E-state index >= 15 is 0 Å². The lowest BCUT2D eigenvalue weighted by molar-refractivity contribution is 0.436. The minimum absolute atomic E-state index is 0.561. The van der Waals surface area contributed by atoms with Crippen LogP contribution in [0.4, 0.5) is 0 Å². The average Bonchev–Trinajstić information content (AvgIpc) is 3.65. The second-order valence-electron chi connectivity index (χ2n) is 15.9. The Morgan fingerprint density at radius 1 is 0.274 bits per heavy atom. The van der Waals surface area contributed by atoms with Gasteiger partial charge in [0.05, 0.1) is 5.41 Å². The average molecular weight is 792 g/mol. The van der Waals surface area contributed by atoms with Gasteiger partial charge in [0.1, 0.15) is 11.5 Å². The molecule has 10 aromatic rings. The van der Waals surface area contributed by atoms with Gasteiger partial charge in [-0.05, 0) is 62.2 Å². The summed E-state index contributed by atoms with van der Waals surface area (Å²) in [5.41, 5.74) is 16.0. The number of ether oxygens (including phenoxy) is 1. The molecule has 1 spiro atoms. The van der Waals surface area contributed by atoms with Crippen LogP contribution in [0.3, 0.4) is 0 Å². The van der Waals surface area contributed by atoms with Crippen LogP contribution in [0, 0.1) is 0 Å². The summed E-state index contributed by atoms with van der Waals surface area (Å²) in [4.78, 5) is 15.9. The van der Waals surface area contributed by atoms with Crippen LogP contribution < -0.4 is 4.74 Å². The molecule has 0 bridgehead atoms. The van der Waals surface area contributed by atoms with Crippen LogP contribution in [0.15, 0.2) is 224 Å². The highest BCUT2D eigenvalue weighted by molar-refractivity contribution is 5.94. The third kappa shape index (κ3) is 5.65. The van der Waals surface area contributed by atoms with Crippen LogP contribution in [0.25, 0.3) is 78.7 Å². The number of hydrogen-bond acceptors (Lipinski definition) is 4. The van der Waals surface area contributed by atoms with Crippen LogP contribution in [-0.2, 0) is 5.41 Å². The molecular weight excluding hydrogens is 755 g/mol. The van der Waals surface area contributed by atoms with Gasteiger partial charge in [0.15, 0.2) is 17.5 Å². The third-order valence-electron chi connectivity index (χ3n) is 12.4. The van der Waals surface area contributed by atoms with Gasteiger partial charge in [0.25, 0.3) is 0 Å². The van der Waals surface area contributed by atoms with Gasteiger partial charge in [-0.2, -0.15) is 0 Å². The van der Waals surface area contributed by atoms with Crippen molar-refractivity contribution in [2.45, 2.75) is 5.41 Å². The Hall–Kier alpha value is -8.21. The number of fused-ring (bicyclic) bond motifs is 9. The molecule has 2 heterocycles. The van der Waals surface area contributed by atoms with Crippen LogP contribution in [0.5, 0.6) is 11.5 Å². The molecule has 1 aliphatic heterocycles. The summed E-state index contributed by atoms with van der Waals surface area (Å²) >= 11 is 0. The van der Waals surface area contributed by atoms with E-state index in [1.54, 1.807) is 0 Å². The number of rotatable bonds is 6. The van der Waals surface area contributed by atoms with Crippen molar-refractivity contribution in [3.63, 3.8) is 0 Å². The molecule has 9 aromatic carbocycles. The Bertz CT molecular complexity index is 3260. The van der Waals surface area contributed by atoms with Crippen molar-refractivity contribution in [2.75, 3.05) is 0 Å². The lowest BCUT2D eigenvalue weighted by atomic mass is 9.66. The van der Waals surface area contributed by atoms with Crippen LogP contribution in [0.1, 0.15) is 22.3 Å². The predicted molar refractivity (Wildman–Crippen MR) is 250 cm³/mol. The molecular formula is C58H37N3O. The zero-order valence-electron chi connectivity index (χ0n) is 33.6. The summed E-state index contributed by atoms with van der Waals surface area (Å²) in [6.45, 7) is 0. The van der Waals surface area contributed by atoms with Crippen molar-refractivity contribution >= 4 is 0 Å². The first-order valence-electron chi connectivity index (χ1n) is 21.0. The first-order chi connectivity index (χ1) is 30.7. The van der Waals surface area contributed by atoms with Gasteiger partial charge in [-0.15, -0.1) is 0 Å². The predicted octanol–water partition coefficient (Wildman–Crippen LogP) is 14.3. The molecule has 290 valence electrons. The Morgan fingerprint density at radius 2 is 0.726 bits per heavy atom. The van der Waals surface area contributed by atoms with Gasteiger partial charge < -0.3 is 4.74 Å². The van der Waals surface area contributed by atoms with Crippen molar-refractivity contribution in [3.8, 4) is 90.2 Å². The van der Waals surface area contributed by atoms with Crippen LogP contribution in [-0.4, -0.2) is 15.0 Å². The first-order valence-corrected chi connectivity index (χ1v) is 21.0. The summed E-state index contributed by atoms with van der Waals surface area (Å²) in [6, 6.07) is 78.9. The van der Waals surface area contributed by atoms with E-state index in [0.29, 0.717) is 17.5 Å². The highest BCUT2D eigenvalue weighted by Gasteiger charge is 2.51. The van der Waals surface area contributed by atoms with Crippen molar-refractivity contribution in [3.05, 3.63) is 247 Å². The summed E-state index contributed by atoms with van der Waals surface area (Å²) < 4.78 is 6.91. The Morgan fingerprint density at radius 3 is 1.40 bits per heavy atom. The van der Waals surface area contributed by atoms with Crippen molar-refractivity contribution < 1.29 is 4.74 Å². The highest BCUT2D eigenvalue weighted by Crippen LogP contribution is 2.62. The summed E-state index contributed by atoms with van der Waals surface area (Å²) in [5, 5.41) is 0. The molecule has 0 amide bonds. The standard InChI is InChI=1S/C58H37N3O/c1-4-17-38(18-5-1)39-31-33-42(34-32-39)55-59-56(61-57(60-55)47-26-16-25-44(40-19-6-2-7-20-40)54(47)41-21-8-3-9-22-41)43-35-36-51-53(37-43)62-52-30-15-14-29-50(52)58(51)48-27-12-10-23-45(48)46-24-11-13-28-49(46)58/h1-37H. The number of para-hydroxylation sites is 1. The molecule has 0 N–H and O–H groups in total. The van der Waals surface area contributed by atoms with E-state index in [1.807, 2.05) is 6.07 Å². The number of nitrogens with zero attached hydrogens (tertiary/aromatic N) is 3. The van der Waals surface area contributed by atoms with E-state index in [2.05, 4.69) is 218 Å². The number of hydrogen-bond donors (Lipinski definition) is 0. The normalized spacial score (nSPS) is 12.8. The fraction of sp³-hybridized carbons (Fsp3) is 0.0172. The summed E-state index contributed by atoms with van der Waals surface area (Å²) in [7, 11) is 0. The maximum absolute atomic E-state index is 6.91. The Labute approximate surface area is 360 Å². The lowest BCUT2D eigenvalue weighted by Crippen LogP contribution is -2.32. The molecule has 0 atom stereocenters. The molecule has 0 saturated carbocycles. The van der Waals surface area contributed by atoms with Gasteiger partial charge in [-0.3, -0.25) is 0 Å². The van der Waals surface area contributed by atoms with E-state index in [1.165, 1.54) is 22.3 Å². The molecule has 12 rings (SSSR count). The fourth-order valence-corrected chi connectivity index (χ4v) is 9.71. The molecule has 0 saturated heterocycles. The highest BCUT2D eigenvalue weighted by atomic mass is 16.5. The second-order valence-corrected chi connectivity index (χ2v) is 15.9. The van der Waals surface area contributed by atoms with E-state index in [9.17, 15) is 0 Å². The van der Waals surface area contributed by atoms with Gasteiger partial charge in [0.2, 0.25) is 0 Å².